The second kappa shape index (κ2) is 22.3. The van der Waals surface area contributed by atoms with Gasteiger partial charge in [0.1, 0.15) is 30.2 Å². The standard InChI is InChI=1S/C11H15N5O3Se.C10H12ClN5O3.C2H6Se.CH4Se.B.2Na.H/c1-20-2-5-7(17)8(18)11(19-5)16-4-15-6-9(12)13-3-14-10(6)16;11-1-4-6(17)7(18)10(19-4)16-3-15-5-8(12)13-2-14-9(5)16;1-2-3;1-2;;;;/h3-5,7-8,11,17-18H,2H2,1H3,(H2,12,13,14);2-4,6-7,10,17-18H,1H2,(H2,12,13,14);3H,2H2,1H3;2H,1H3;;;;/q;;;;;2*+1;-1/p-1. The molecule has 0 bridgehead atoms. The molecular weight excluding hydrogens is 853 g/mol. The molecule has 0 saturated carbocycles. The van der Waals surface area contributed by atoms with Gasteiger partial charge in [0.2, 0.25) is 0 Å². The Morgan fingerprint density at radius 1 is 0.851 bits per heavy atom. The fraction of sp³-hybridized carbons (Fsp3) is 0.583. The van der Waals surface area contributed by atoms with Gasteiger partial charge in [0.25, 0.3) is 0 Å². The fourth-order valence-electron chi connectivity index (χ4n) is 4.46. The molecule has 23 heteroatoms. The van der Waals surface area contributed by atoms with Gasteiger partial charge in [-0.2, -0.15) is 0 Å². The van der Waals surface area contributed by atoms with Gasteiger partial charge in [-0.05, 0) is 0 Å². The summed E-state index contributed by atoms with van der Waals surface area (Å²) in [4.78, 5) is 24.1. The minimum atomic E-state index is -1.11. The SMILES string of the molecule is CC[SeH].C[Se]CC1OC(n2cnc3c(N)ncnc32)C(O)C1O.C[Se][Na].Nc1ncnc2c1ncn2C1OC(CCl)C(O)C1O.[B].[H-].[Na+]. The van der Waals surface area contributed by atoms with Gasteiger partial charge >= 0.3 is 220 Å². The minimum absolute atomic E-state index is 0. The number of imidazole rings is 2. The molecule has 249 valence electrons. The Labute approximate surface area is 338 Å². The number of fused-ring (bicyclic) bond motifs is 2. The number of aliphatic hydroxyl groups is 4. The molecule has 3 radical (unpaired) electrons. The molecular formula is C24H37BClN10Na2O6Se3. The zero-order valence-corrected chi connectivity index (χ0v) is 36.7. The van der Waals surface area contributed by atoms with Crippen molar-refractivity contribution in [1.82, 2.24) is 39.0 Å². The van der Waals surface area contributed by atoms with Gasteiger partial charge < -0.3 is 22.1 Å². The molecule has 6 rings (SSSR count). The quantitative estimate of drug-likeness (QED) is 0.0817. The Balaban J connectivity index is 0.000000751. The average Bonchev–Trinajstić information content (AvgIpc) is 3.78. The molecule has 8 unspecified atom stereocenters. The van der Waals surface area contributed by atoms with Crippen molar-refractivity contribution < 1.29 is 60.9 Å². The second-order valence-electron chi connectivity index (χ2n) is 9.59. The zero-order chi connectivity index (χ0) is 33.3. The van der Waals surface area contributed by atoms with Crippen LogP contribution in [0.2, 0.25) is 22.3 Å². The third-order valence-corrected chi connectivity index (χ3v) is 8.17. The van der Waals surface area contributed by atoms with Crippen LogP contribution in [0.25, 0.3) is 22.3 Å². The molecule has 16 nitrogen and oxygen atoms in total. The van der Waals surface area contributed by atoms with E-state index in [1.165, 1.54) is 60.6 Å². The Morgan fingerprint density at radius 3 is 1.60 bits per heavy atom. The van der Waals surface area contributed by atoms with Crippen LogP contribution in [0.1, 0.15) is 20.8 Å². The van der Waals surface area contributed by atoms with E-state index in [9.17, 15) is 20.4 Å². The van der Waals surface area contributed by atoms with Crippen molar-refractivity contribution in [2.45, 2.75) is 78.3 Å². The van der Waals surface area contributed by atoms with Gasteiger partial charge in [0.05, 0.1) is 12.2 Å². The van der Waals surface area contributed by atoms with E-state index < -0.39 is 43.0 Å². The summed E-state index contributed by atoms with van der Waals surface area (Å²) in [6, 6.07) is 0. The summed E-state index contributed by atoms with van der Waals surface area (Å²) in [5, 5.41) is 41.9. The molecule has 6 heterocycles. The number of nitrogens with zero attached hydrogens (tertiary/aromatic N) is 8. The molecule has 8 N–H and O–H groups in total. The number of hydrogen-bond acceptors (Lipinski definition) is 14. The molecule has 0 amide bonds. The maximum Gasteiger partial charge on any atom is 1.00 e. The van der Waals surface area contributed by atoms with E-state index in [2.05, 4.69) is 64.5 Å². The van der Waals surface area contributed by atoms with Crippen molar-refractivity contribution in [1.29, 1.82) is 0 Å². The van der Waals surface area contributed by atoms with Crippen molar-refractivity contribution in [3.63, 3.8) is 0 Å². The smallest absolute Gasteiger partial charge is 1.00 e. The molecule has 2 saturated heterocycles. The molecule has 4 aromatic rings. The van der Waals surface area contributed by atoms with E-state index in [4.69, 9.17) is 32.5 Å². The summed E-state index contributed by atoms with van der Waals surface area (Å²) < 4.78 is 14.4. The van der Waals surface area contributed by atoms with Crippen molar-refractivity contribution in [3.05, 3.63) is 25.3 Å². The van der Waals surface area contributed by atoms with Gasteiger partial charge in [0.15, 0.2) is 17.7 Å². The first-order valence-corrected chi connectivity index (χ1v) is 26.0. The maximum absolute atomic E-state index is 10.2. The van der Waals surface area contributed by atoms with Crippen LogP contribution in [-0.4, -0.2) is 177 Å². The summed E-state index contributed by atoms with van der Waals surface area (Å²) in [7, 11) is 1.01. The number of ether oxygens (including phenoxy) is 2. The number of alkyl halides is 1. The number of nitrogen functional groups attached to an aromatic ring is 2. The summed E-state index contributed by atoms with van der Waals surface area (Å²) in [6.07, 6.45) is -1.05. The van der Waals surface area contributed by atoms with E-state index >= 15 is 0 Å². The van der Waals surface area contributed by atoms with Gasteiger partial charge in [-0.15, -0.1) is 11.6 Å². The number of halogens is 1. The van der Waals surface area contributed by atoms with Crippen LogP contribution in [0.3, 0.4) is 0 Å². The number of anilines is 2. The predicted molar refractivity (Wildman–Crippen MR) is 180 cm³/mol. The van der Waals surface area contributed by atoms with E-state index in [1.54, 1.807) is 4.57 Å². The Kier molecular flexibility index (Phi) is 21.6. The normalized spacial score (nSPS) is 26.2. The maximum atomic E-state index is 10.2. The number of aliphatic hydroxyl groups excluding tert-OH is 4. The number of rotatable bonds is 5. The Bertz CT molecular complexity index is 1510. The zero-order valence-electron chi connectivity index (χ0n) is 27.6. The number of hydrogen-bond donors (Lipinski definition) is 6. The number of nitrogens with two attached hydrogens (primary N) is 2. The van der Waals surface area contributed by atoms with E-state index in [0.29, 0.717) is 37.3 Å². The average molecular weight is 891 g/mol. The van der Waals surface area contributed by atoms with E-state index in [1.807, 2.05) is 0 Å². The van der Waals surface area contributed by atoms with Gasteiger partial charge in [-0.3, -0.25) is 4.57 Å². The third kappa shape index (κ3) is 10.9. The first-order valence-electron chi connectivity index (χ1n) is 13.5. The van der Waals surface area contributed by atoms with Crippen LogP contribution >= 0.6 is 11.6 Å². The molecule has 2 aliphatic heterocycles. The van der Waals surface area contributed by atoms with Gasteiger partial charge in [0, 0.05) is 8.41 Å². The minimum Gasteiger partial charge on any atom is -1.00 e. The Morgan fingerprint density at radius 2 is 1.23 bits per heavy atom. The predicted octanol–water partition coefficient (Wildman–Crippen LogP) is -4.65. The summed E-state index contributed by atoms with van der Waals surface area (Å²) in [6.45, 7) is 2.10. The van der Waals surface area contributed by atoms with E-state index in [0.717, 1.165) is 15.8 Å². The van der Waals surface area contributed by atoms with Crippen LogP contribution in [0.4, 0.5) is 11.6 Å². The monoisotopic (exact) mass is 893 g/mol. The molecule has 2 fully saturated rings. The van der Waals surface area contributed by atoms with Gasteiger partial charge in [-0.1, -0.05) is 0 Å². The molecule has 2 aliphatic rings. The van der Waals surface area contributed by atoms with Crippen LogP contribution < -0.4 is 41.0 Å². The number of aromatic nitrogens is 8. The molecule has 8 atom stereocenters. The summed E-state index contributed by atoms with van der Waals surface area (Å²) in [5.74, 6) is 4.90. The van der Waals surface area contributed by atoms with Crippen molar-refractivity contribution >= 4 is 121 Å². The van der Waals surface area contributed by atoms with Crippen LogP contribution in [-0.2, 0) is 9.47 Å². The van der Waals surface area contributed by atoms with Crippen LogP contribution in [0.5, 0.6) is 0 Å². The first kappa shape index (κ1) is 45.4. The Hall–Kier alpha value is 0.373. The first-order chi connectivity index (χ1) is 21.6. The third-order valence-electron chi connectivity index (χ3n) is 6.48. The second-order valence-corrected chi connectivity index (χ2v) is 19.1. The van der Waals surface area contributed by atoms with E-state index in [-0.39, 0.29) is 63.0 Å². The van der Waals surface area contributed by atoms with Crippen LogP contribution in [0, 0.1) is 0 Å². The largest absolute Gasteiger partial charge is 1.00 e. The van der Waals surface area contributed by atoms with Crippen LogP contribution in [0.15, 0.2) is 25.3 Å². The fourth-order valence-corrected chi connectivity index (χ4v) is 5.98. The molecule has 0 aromatic carbocycles. The van der Waals surface area contributed by atoms with Crippen molar-refractivity contribution in [3.8, 4) is 0 Å². The summed E-state index contributed by atoms with van der Waals surface area (Å²) >= 11 is 9.92. The molecule has 4 aromatic heterocycles. The van der Waals surface area contributed by atoms with Crippen molar-refractivity contribution in [2.24, 2.45) is 0 Å². The topological polar surface area (TPSA) is 239 Å². The van der Waals surface area contributed by atoms with Gasteiger partial charge in [-0.25, -0.2) is 15.0 Å². The molecule has 0 spiro atoms. The molecule has 0 aliphatic carbocycles. The molecule has 47 heavy (non-hydrogen) atoms. The van der Waals surface area contributed by atoms with Crippen molar-refractivity contribution in [2.75, 3.05) is 17.3 Å². The summed E-state index contributed by atoms with van der Waals surface area (Å²) in [5.41, 5.74) is 13.2.